The summed E-state index contributed by atoms with van der Waals surface area (Å²) >= 11 is 0. The quantitative estimate of drug-likeness (QED) is 0.829. The third-order valence-electron chi connectivity index (χ3n) is 3.60. The number of halogens is 1. The molecule has 0 radical (unpaired) electrons. The van der Waals surface area contributed by atoms with Gasteiger partial charge in [-0.2, -0.15) is 0 Å². The molecule has 1 heterocycles. The van der Waals surface area contributed by atoms with Crippen molar-refractivity contribution in [3.63, 3.8) is 0 Å². The van der Waals surface area contributed by atoms with E-state index >= 15 is 0 Å². The molecular weight excluding hydrogens is 275 g/mol. The maximum Gasteiger partial charge on any atom is 0.244 e. The second-order valence-corrected chi connectivity index (χ2v) is 5.22. The monoisotopic (exact) mass is 294 g/mol. The summed E-state index contributed by atoms with van der Waals surface area (Å²) in [6, 6.07) is 4.41. The van der Waals surface area contributed by atoms with Gasteiger partial charge in [0.25, 0.3) is 0 Å². The average Bonchev–Trinajstić information content (AvgIpc) is 2.97. The zero-order valence-corrected chi connectivity index (χ0v) is 11.7. The second-order valence-electron chi connectivity index (χ2n) is 5.22. The van der Waals surface area contributed by atoms with Gasteiger partial charge in [-0.15, -0.1) is 0 Å². The molecule has 3 N–H and O–H groups in total. The first-order chi connectivity index (χ1) is 10.1. The molecule has 114 valence electrons. The van der Waals surface area contributed by atoms with Crippen molar-refractivity contribution in [2.24, 2.45) is 11.7 Å². The van der Waals surface area contributed by atoms with Crippen molar-refractivity contribution in [2.75, 3.05) is 13.2 Å². The third-order valence-corrected chi connectivity index (χ3v) is 3.60. The van der Waals surface area contributed by atoms with E-state index in [1.807, 2.05) is 0 Å². The van der Waals surface area contributed by atoms with Crippen LogP contribution in [0.4, 0.5) is 4.39 Å². The van der Waals surface area contributed by atoms with Gasteiger partial charge in [0.2, 0.25) is 11.8 Å². The zero-order chi connectivity index (χ0) is 15.2. The lowest BCUT2D eigenvalue weighted by Gasteiger charge is -2.16. The minimum atomic E-state index is -0.932. The number of ether oxygens (including phenoxy) is 1. The lowest BCUT2D eigenvalue weighted by atomic mass is 10.0. The van der Waals surface area contributed by atoms with E-state index in [1.165, 1.54) is 24.3 Å². The highest BCUT2D eigenvalue weighted by Crippen LogP contribution is 2.19. The fraction of sp³-hybridized carbons (Fsp3) is 0.467. The molecule has 2 atom stereocenters. The summed E-state index contributed by atoms with van der Waals surface area (Å²) in [5.41, 5.74) is 5.78. The van der Waals surface area contributed by atoms with Crippen LogP contribution in [0.15, 0.2) is 24.3 Å². The summed E-state index contributed by atoms with van der Waals surface area (Å²) in [5.74, 6) is -0.919. The minimum absolute atomic E-state index is 0.241. The van der Waals surface area contributed by atoms with Gasteiger partial charge < -0.3 is 15.8 Å². The fourth-order valence-electron chi connectivity index (χ4n) is 2.35. The molecule has 0 aliphatic carbocycles. The van der Waals surface area contributed by atoms with Crippen molar-refractivity contribution in [1.82, 2.24) is 5.32 Å². The molecule has 1 aromatic rings. The molecule has 1 fully saturated rings. The van der Waals surface area contributed by atoms with Gasteiger partial charge in [-0.05, 0) is 36.5 Å². The van der Waals surface area contributed by atoms with Crippen LogP contribution in [0.25, 0.3) is 0 Å². The molecule has 0 aromatic heterocycles. The van der Waals surface area contributed by atoms with Gasteiger partial charge in [0.15, 0.2) is 0 Å². The van der Waals surface area contributed by atoms with Crippen LogP contribution in [0.1, 0.15) is 30.9 Å². The van der Waals surface area contributed by atoms with E-state index in [-0.39, 0.29) is 5.91 Å². The van der Waals surface area contributed by atoms with Crippen molar-refractivity contribution in [1.29, 1.82) is 0 Å². The highest BCUT2D eigenvalue weighted by molar-refractivity contribution is 5.87. The molecule has 0 saturated carbocycles. The number of carbonyl (C=O) groups excluding carboxylic acids is 2. The molecule has 1 saturated heterocycles. The van der Waals surface area contributed by atoms with Crippen LogP contribution in [0.3, 0.4) is 0 Å². The molecule has 5 nitrogen and oxygen atoms in total. The second kappa shape index (κ2) is 7.17. The number of rotatable bonds is 6. The van der Waals surface area contributed by atoms with Crippen LogP contribution in [-0.4, -0.2) is 25.0 Å². The average molecular weight is 294 g/mol. The Kier molecular flexibility index (Phi) is 5.27. The molecule has 21 heavy (non-hydrogen) atoms. The number of nitrogens with two attached hydrogens (primary N) is 1. The summed E-state index contributed by atoms with van der Waals surface area (Å²) in [6.07, 6.45) is 2.00. The predicted octanol–water partition coefficient (Wildman–Crippen LogP) is 1.28. The number of hydrogen-bond acceptors (Lipinski definition) is 3. The van der Waals surface area contributed by atoms with Gasteiger partial charge >= 0.3 is 0 Å². The first kappa shape index (κ1) is 15.4. The molecular formula is C15H19FN2O3. The van der Waals surface area contributed by atoms with E-state index in [9.17, 15) is 14.0 Å². The molecule has 1 aliphatic rings. The SMILES string of the molecule is NC(=O)[C@H](NC(=O)CC[C@@H]1CCOC1)c1ccc(F)cc1. The molecule has 1 aliphatic heterocycles. The van der Waals surface area contributed by atoms with E-state index in [0.717, 1.165) is 19.4 Å². The Morgan fingerprint density at radius 2 is 2.10 bits per heavy atom. The Morgan fingerprint density at radius 3 is 2.67 bits per heavy atom. The molecule has 2 rings (SSSR count). The molecule has 6 heteroatoms. The van der Waals surface area contributed by atoms with Gasteiger partial charge in [0.05, 0.1) is 0 Å². The van der Waals surface area contributed by atoms with Crippen molar-refractivity contribution in [3.05, 3.63) is 35.6 Å². The number of nitrogens with one attached hydrogen (secondary N) is 1. The van der Waals surface area contributed by atoms with E-state index in [1.54, 1.807) is 0 Å². The number of carbonyl (C=O) groups is 2. The third kappa shape index (κ3) is 4.53. The topological polar surface area (TPSA) is 81.4 Å². The summed E-state index contributed by atoms with van der Waals surface area (Å²) in [4.78, 5) is 23.4. The first-order valence-corrected chi connectivity index (χ1v) is 6.98. The largest absolute Gasteiger partial charge is 0.381 e. The Labute approximate surface area is 122 Å². The normalized spacial score (nSPS) is 19.2. The number of benzene rings is 1. The summed E-state index contributed by atoms with van der Waals surface area (Å²) in [5, 5.41) is 2.60. The van der Waals surface area contributed by atoms with Crippen LogP contribution in [0.5, 0.6) is 0 Å². The highest BCUT2D eigenvalue weighted by atomic mass is 19.1. The standard InChI is InChI=1S/C15H19FN2O3/c16-12-4-2-11(3-5-12)14(15(17)20)18-13(19)6-1-10-7-8-21-9-10/h2-5,10,14H,1,6-9H2,(H2,17,20)(H,18,19)/t10-,14-/m1/s1. The van der Waals surface area contributed by atoms with Crippen LogP contribution in [-0.2, 0) is 14.3 Å². The Morgan fingerprint density at radius 1 is 1.38 bits per heavy atom. The van der Waals surface area contributed by atoms with Gasteiger partial charge in [-0.25, -0.2) is 4.39 Å². The molecule has 1 aromatic carbocycles. The van der Waals surface area contributed by atoms with Gasteiger partial charge in [-0.3, -0.25) is 9.59 Å². The van der Waals surface area contributed by atoms with E-state index in [4.69, 9.17) is 10.5 Å². The van der Waals surface area contributed by atoms with Crippen molar-refractivity contribution in [3.8, 4) is 0 Å². The Hall–Kier alpha value is -1.95. The van der Waals surface area contributed by atoms with Crippen molar-refractivity contribution >= 4 is 11.8 Å². The number of hydrogen-bond donors (Lipinski definition) is 2. The maximum absolute atomic E-state index is 12.9. The van der Waals surface area contributed by atoms with Crippen LogP contribution >= 0.6 is 0 Å². The summed E-state index contributed by atoms with van der Waals surface area (Å²) in [6.45, 7) is 1.43. The summed E-state index contributed by atoms with van der Waals surface area (Å²) < 4.78 is 18.1. The smallest absolute Gasteiger partial charge is 0.244 e. The molecule has 0 bridgehead atoms. The number of amides is 2. The van der Waals surface area contributed by atoms with Gasteiger partial charge in [-0.1, -0.05) is 12.1 Å². The number of primary amides is 1. The van der Waals surface area contributed by atoms with Crippen molar-refractivity contribution in [2.45, 2.75) is 25.3 Å². The lowest BCUT2D eigenvalue weighted by Crippen LogP contribution is -2.37. The van der Waals surface area contributed by atoms with Crippen LogP contribution in [0.2, 0.25) is 0 Å². The lowest BCUT2D eigenvalue weighted by molar-refractivity contribution is -0.127. The minimum Gasteiger partial charge on any atom is -0.381 e. The Bertz CT molecular complexity index is 498. The highest BCUT2D eigenvalue weighted by Gasteiger charge is 2.22. The van der Waals surface area contributed by atoms with Crippen molar-refractivity contribution < 1.29 is 18.7 Å². The fourth-order valence-corrected chi connectivity index (χ4v) is 2.35. The summed E-state index contributed by atoms with van der Waals surface area (Å²) in [7, 11) is 0. The van der Waals surface area contributed by atoms with Gasteiger partial charge in [0.1, 0.15) is 11.9 Å². The van der Waals surface area contributed by atoms with E-state index < -0.39 is 17.8 Å². The van der Waals surface area contributed by atoms with Crippen LogP contribution in [0, 0.1) is 11.7 Å². The zero-order valence-electron chi connectivity index (χ0n) is 11.7. The Balaban J connectivity index is 1.91. The molecule has 0 unspecified atom stereocenters. The van der Waals surface area contributed by atoms with E-state index in [2.05, 4.69) is 5.32 Å². The molecule has 2 amide bonds. The first-order valence-electron chi connectivity index (χ1n) is 6.98. The van der Waals surface area contributed by atoms with E-state index in [0.29, 0.717) is 24.5 Å². The van der Waals surface area contributed by atoms with Crippen LogP contribution < -0.4 is 11.1 Å². The predicted molar refractivity (Wildman–Crippen MR) is 74.6 cm³/mol. The maximum atomic E-state index is 12.9. The van der Waals surface area contributed by atoms with Gasteiger partial charge in [0, 0.05) is 19.6 Å². The molecule has 0 spiro atoms.